The van der Waals surface area contributed by atoms with Crippen molar-refractivity contribution in [2.75, 3.05) is 31.3 Å². The van der Waals surface area contributed by atoms with Crippen LogP contribution in [0.3, 0.4) is 0 Å². The van der Waals surface area contributed by atoms with Gasteiger partial charge in [0.1, 0.15) is 17.6 Å². The molecule has 0 aliphatic rings. The fourth-order valence-electron chi connectivity index (χ4n) is 4.30. The van der Waals surface area contributed by atoms with Gasteiger partial charge in [-0.1, -0.05) is 54.6 Å². The highest BCUT2D eigenvalue weighted by Crippen LogP contribution is 2.24. The molecule has 0 aromatic heterocycles. The number of sulfonamides is 1. The summed E-state index contributed by atoms with van der Waals surface area (Å²) in [6.07, 6.45) is 1.47. The molecule has 8 nitrogen and oxygen atoms in total. The molecule has 10 heteroatoms. The molecule has 1 N–H and O–H groups in total. The summed E-state index contributed by atoms with van der Waals surface area (Å²) in [5.74, 6) is -0.742. The maximum atomic E-state index is 14.6. The van der Waals surface area contributed by atoms with Crippen molar-refractivity contribution in [2.24, 2.45) is 0 Å². The molecule has 0 unspecified atom stereocenters. The number of benzene rings is 3. The van der Waals surface area contributed by atoms with Crippen LogP contribution in [0.2, 0.25) is 0 Å². The number of hydrogen-bond acceptors (Lipinski definition) is 5. The van der Waals surface area contributed by atoms with E-state index < -0.39 is 21.9 Å². The first-order valence-corrected chi connectivity index (χ1v) is 14.4. The second kappa shape index (κ2) is 13.7. The van der Waals surface area contributed by atoms with Gasteiger partial charge < -0.3 is 15.0 Å². The summed E-state index contributed by atoms with van der Waals surface area (Å²) in [4.78, 5) is 28.0. The Bertz CT molecular complexity index is 1370. The summed E-state index contributed by atoms with van der Waals surface area (Å²) >= 11 is 0. The molecule has 0 heterocycles. The van der Waals surface area contributed by atoms with E-state index in [0.717, 1.165) is 11.8 Å². The smallest absolute Gasteiger partial charge is 0.242 e. The zero-order valence-electron chi connectivity index (χ0n) is 22.3. The molecule has 0 saturated carbocycles. The SMILES string of the molecule is CNC(=O)[C@H](Cc1ccccc1)N(Cc1ccccc1F)C(=O)CCCN(c1cccc(OC)c1)S(C)(=O)=O. The van der Waals surface area contributed by atoms with E-state index in [-0.39, 0.29) is 49.7 Å². The second-order valence-electron chi connectivity index (χ2n) is 9.07. The van der Waals surface area contributed by atoms with Crippen LogP contribution >= 0.6 is 0 Å². The van der Waals surface area contributed by atoms with Crippen molar-refractivity contribution in [3.8, 4) is 5.75 Å². The maximum absolute atomic E-state index is 14.6. The van der Waals surface area contributed by atoms with Crippen LogP contribution in [0.1, 0.15) is 24.0 Å². The van der Waals surface area contributed by atoms with E-state index in [0.29, 0.717) is 11.4 Å². The number of methoxy groups -OCH3 is 1. The Balaban J connectivity index is 1.85. The highest BCUT2D eigenvalue weighted by Gasteiger charge is 2.30. The largest absolute Gasteiger partial charge is 0.497 e. The molecule has 0 fully saturated rings. The highest BCUT2D eigenvalue weighted by atomic mass is 32.2. The normalized spacial score (nSPS) is 11.9. The van der Waals surface area contributed by atoms with Gasteiger partial charge in [-0.2, -0.15) is 0 Å². The molecule has 0 bridgehead atoms. The van der Waals surface area contributed by atoms with Crippen LogP contribution in [-0.4, -0.2) is 58.1 Å². The van der Waals surface area contributed by atoms with Gasteiger partial charge >= 0.3 is 0 Å². The molecule has 39 heavy (non-hydrogen) atoms. The monoisotopic (exact) mass is 555 g/mol. The van der Waals surface area contributed by atoms with Crippen molar-refractivity contribution in [1.29, 1.82) is 0 Å². The number of anilines is 1. The lowest BCUT2D eigenvalue weighted by molar-refractivity contribution is -0.141. The van der Waals surface area contributed by atoms with Gasteiger partial charge in [0.25, 0.3) is 0 Å². The molecule has 3 aromatic rings. The van der Waals surface area contributed by atoms with E-state index >= 15 is 0 Å². The molecule has 0 radical (unpaired) electrons. The summed E-state index contributed by atoms with van der Waals surface area (Å²) in [6.45, 7) is -0.0727. The fraction of sp³-hybridized carbons (Fsp3) is 0.310. The Morgan fingerprint density at radius 3 is 2.33 bits per heavy atom. The molecule has 0 saturated heterocycles. The Hall–Kier alpha value is -3.92. The van der Waals surface area contributed by atoms with Gasteiger partial charge in [-0.15, -0.1) is 0 Å². The van der Waals surface area contributed by atoms with Crippen molar-refractivity contribution in [3.63, 3.8) is 0 Å². The van der Waals surface area contributed by atoms with Crippen LogP contribution in [0.4, 0.5) is 10.1 Å². The molecular formula is C29H34FN3O5S. The number of amides is 2. The van der Waals surface area contributed by atoms with Crippen LogP contribution in [0.15, 0.2) is 78.9 Å². The third kappa shape index (κ3) is 8.28. The molecule has 3 rings (SSSR count). The first-order chi connectivity index (χ1) is 18.6. The van der Waals surface area contributed by atoms with Gasteiger partial charge in [-0.3, -0.25) is 13.9 Å². The summed E-state index contributed by atoms with van der Waals surface area (Å²) in [5, 5.41) is 2.62. The molecule has 2 amide bonds. The van der Waals surface area contributed by atoms with E-state index in [1.807, 2.05) is 30.3 Å². The number of ether oxygens (including phenoxy) is 1. The van der Waals surface area contributed by atoms with Crippen molar-refractivity contribution in [1.82, 2.24) is 10.2 Å². The predicted molar refractivity (Wildman–Crippen MR) is 149 cm³/mol. The molecule has 208 valence electrons. The number of nitrogens with one attached hydrogen (secondary N) is 1. The number of carbonyl (C=O) groups excluding carboxylic acids is 2. The summed E-state index contributed by atoms with van der Waals surface area (Å²) in [5.41, 5.74) is 1.54. The first kappa shape index (κ1) is 29.6. The lowest BCUT2D eigenvalue weighted by Gasteiger charge is -2.31. The summed E-state index contributed by atoms with van der Waals surface area (Å²) in [6, 6.07) is 21.1. The standard InChI is InChI=1S/C29H34FN3O5S/c1-31-29(35)27(19-22-11-5-4-6-12-22)32(21-23-13-7-8-16-26(23)30)28(34)17-10-18-33(39(3,36)37)24-14-9-15-25(20-24)38-2/h4-9,11-16,20,27H,10,17-19,21H2,1-3H3,(H,31,35)/t27-/m0/s1. The van der Waals surface area contributed by atoms with Crippen LogP contribution in [-0.2, 0) is 32.6 Å². The predicted octanol–water partition coefficient (Wildman–Crippen LogP) is 3.77. The van der Waals surface area contributed by atoms with E-state index in [1.165, 1.54) is 29.4 Å². The number of rotatable bonds is 13. The molecule has 0 aliphatic carbocycles. The average Bonchev–Trinajstić information content (AvgIpc) is 2.93. The number of carbonyl (C=O) groups is 2. The topological polar surface area (TPSA) is 96.0 Å². The van der Waals surface area contributed by atoms with Crippen LogP contribution < -0.4 is 14.4 Å². The van der Waals surface area contributed by atoms with Gasteiger partial charge in [-0.25, -0.2) is 12.8 Å². The van der Waals surface area contributed by atoms with E-state index in [4.69, 9.17) is 4.74 Å². The van der Waals surface area contributed by atoms with Crippen molar-refractivity contribution in [3.05, 3.63) is 95.8 Å². The van der Waals surface area contributed by atoms with Crippen LogP contribution in [0, 0.1) is 5.82 Å². The van der Waals surface area contributed by atoms with Gasteiger partial charge in [0.15, 0.2) is 0 Å². The van der Waals surface area contributed by atoms with Gasteiger partial charge in [0, 0.05) is 44.6 Å². The number of likely N-dealkylation sites (N-methyl/N-ethyl adjacent to an activating group) is 1. The van der Waals surface area contributed by atoms with Gasteiger partial charge in [0.05, 0.1) is 19.1 Å². The lowest BCUT2D eigenvalue weighted by atomic mass is 10.0. The molecule has 3 aromatic carbocycles. The highest BCUT2D eigenvalue weighted by molar-refractivity contribution is 7.92. The minimum Gasteiger partial charge on any atom is -0.497 e. The van der Waals surface area contributed by atoms with E-state index in [2.05, 4.69) is 5.32 Å². The van der Waals surface area contributed by atoms with Crippen molar-refractivity contribution in [2.45, 2.75) is 31.8 Å². The first-order valence-electron chi connectivity index (χ1n) is 12.5. The quantitative estimate of drug-likeness (QED) is 0.347. The lowest BCUT2D eigenvalue weighted by Crippen LogP contribution is -2.50. The fourth-order valence-corrected chi connectivity index (χ4v) is 5.26. The second-order valence-corrected chi connectivity index (χ2v) is 11.0. The van der Waals surface area contributed by atoms with E-state index in [1.54, 1.807) is 42.5 Å². The Kier molecular flexibility index (Phi) is 10.4. The summed E-state index contributed by atoms with van der Waals surface area (Å²) < 4.78 is 46.1. The Morgan fingerprint density at radius 2 is 1.69 bits per heavy atom. The van der Waals surface area contributed by atoms with E-state index in [9.17, 15) is 22.4 Å². The number of halogens is 1. The zero-order chi connectivity index (χ0) is 28.4. The third-order valence-electron chi connectivity index (χ3n) is 6.31. The molecular weight excluding hydrogens is 521 g/mol. The Morgan fingerprint density at radius 1 is 1.00 bits per heavy atom. The molecule has 0 spiro atoms. The number of hydrogen-bond donors (Lipinski definition) is 1. The number of nitrogens with zero attached hydrogens (tertiary/aromatic N) is 2. The molecule has 0 aliphatic heterocycles. The summed E-state index contributed by atoms with van der Waals surface area (Å²) in [7, 11) is -0.669. The van der Waals surface area contributed by atoms with Gasteiger partial charge in [-0.05, 0) is 30.2 Å². The van der Waals surface area contributed by atoms with Crippen molar-refractivity contribution < 1.29 is 27.1 Å². The average molecular weight is 556 g/mol. The zero-order valence-corrected chi connectivity index (χ0v) is 23.2. The Labute approximate surface area is 229 Å². The third-order valence-corrected chi connectivity index (χ3v) is 7.50. The minimum absolute atomic E-state index is 0.0363. The van der Waals surface area contributed by atoms with Gasteiger partial charge in [0.2, 0.25) is 21.8 Å². The van der Waals surface area contributed by atoms with Crippen LogP contribution in [0.5, 0.6) is 5.75 Å². The maximum Gasteiger partial charge on any atom is 0.242 e. The van der Waals surface area contributed by atoms with Crippen LogP contribution in [0.25, 0.3) is 0 Å². The minimum atomic E-state index is -3.65. The molecule has 1 atom stereocenters. The van der Waals surface area contributed by atoms with Crippen molar-refractivity contribution >= 4 is 27.5 Å².